The monoisotopic (exact) mass is 501 g/mol. The first-order chi connectivity index (χ1) is 2.27. The van der Waals surface area contributed by atoms with Crippen molar-refractivity contribution in [3.63, 3.8) is 0 Å². The van der Waals surface area contributed by atoms with Gasteiger partial charge in [-0.3, -0.25) is 4.79 Å². The summed E-state index contributed by atoms with van der Waals surface area (Å²) >= 11 is 0. The molecular weight excluding hydrogens is 488 g/mol. The summed E-state index contributed by atoms with van der Waals surface area (Å²) in [5.74, 6) is -0.968. The van der Waals surface area contributed by atoms with Crippen molar-refractivity contribution in [1.82, 2.24) is 0 Å². The second-order valence-electron chi connectivity index (χ2n) is 0.598. The van der Waals surface area contributed by atoms with Crippen LogP contribution in [0, 0.1) is 0 Å². The van der Waals surface area contributed by atoms with Gasteiger partial charge < -0.3 is 16.3 Å². The molecule has 0 unspecified atom stereocenters. The summed E-state index contributed by atoms with van der Waals surface area (Å²) < 4.78 is 0. The first-order valence-corrected chi connectivity index (χ1v) is 1.19. The van der Waals surface area contributed by atoms with Gasteiger partial charge in [-0.2, -0.15) is 0 Å². The molecule has 0 aliphatic heterocycles. The number of hydrogen-bond donors (Lipinski definition) is 2. The maximum atomic E-state index is 9.24. The molecule has 0 aromatic carbocycles. The van der Waals surface area contributed by atoms with Gasteiger partial charge in [-0.25, -0.2) is 0 Å². The quantitative estimate of drug-likeness (QED) is 0.505. The van der Waals surface area contributed by atoms with Gasteiger partial charge in [0, 0.05) is 26.2 Å². The van der Waals surface area contributed by atoms with Gasteiger partial charge in [0.25, 0.3) is 0 Å². The first kappa shape index (κ1) is 124. The number of nitrogens with two attached hydrogens (primary N) is 1. The third kappa shape index (κ3) is 170. The zero-order chi connectivity index (χ0) is 4.28. The van der Waals surface area contributed by atoms with Crippen LogP contribution in [0.5, 0.6) is 0 Å². The van der Waals surface area contributed by atoms with Crippen LogP contribution in [0.3, 0.4) is 0 Å². The van der Waals surface area contributed by atoms with Crippen molar-refractivity contribution in [1.29, 1.82) is 0 Å². The van der Waals surface area contributed by atoms with Gasteiger partial charge in [0.05, 0.1) is 6.54 Å². The van der Waals surface area contributed by atoms with Crippen molar-refractivity contribution >= 4 is 123 Å². The molecule has 5 N–H and O–H groups in total. The summed E-state index contributed by atoms with van der Waals surface area (Å²) in [4.78, 5) is 9.24. The fraction of sp³-hybridized carbons (Fsp3) is 0.500. The van der Waals surface area contributed by atoms with Crippen molar-refractivity contribution in [2.24, 2.45) is 5.73 Å². The van der Waals surface area contributed by atoms with Gasteiger partial charge in [-0.1, -0.05) is 0 Å². The van der Waals surface area contributed by atoms with E-state index in [1.165, 1.54) is 0 Å². The molecule has 0 saturated carbocycles. The Morgan fingerprint density at radius 1 is 0.875 bits per heavy atom. The zero-order valence-electron chi connectivity index (χ0n) is 6.91. The van der Waals surface area contributed by atoms with E-state index in [4.69, 9.17) is 5.11 Å². The Labute approximate surface area is 174 Å². The molecule has 14 heteroatoms. The maximum Gasteiger partial charge on any atom is 0.317 e. The average Bonchev–Trinajstić information content (AvgIpc) is 1.38. The molecule has 0 bridgehead atoms. The number of hydrogen-bond acceptors (Lipinski definition) is 2. The summed E-state index contributed by atoms with van der Waals surface area (Å²) in [5.41, 5.74) is 4.57. The summed E-state index contributed by atoms with van der Waals surface area (Å²) in [6, 6.07) is 0. The molecule has 0 aromatic rings. The summed E-state index contributed by atoms with van der Waals surface area (Å²) in [6.45, 7) is -0.278. The van der Waals surface area contributed by atoms with Crippen LogP contribution in [0.2, 0.25) is 0 Å². The number of rotatable bonds is 1. The molecule has 0 aromatic heterocycles. The van der Waals surface area contributed by atoms with Crippen LogP contribution in [0.25, 0.3) is 0 Å². The fourth-order valence-electron chi connectivity index (χ4n) is 0. The Morgan fingerprint density at radius 3 is 0.938 bits per heavy atom. The molecule has 0 saturated heterocycles. The van der Waals surface area contributed by atoms with E-state index in [-0.39, 0.29) is 155 Å². The van der Waals surface area contributed by atoms with Crippen molar-refractivity contribution < 1.29 is 41.6 Å². The maximum absolute atomic E-state index is 9.24. The van der Waals surface area contributed by atoms with Crippen molar-refractivity contribution in [2.45, 2.75) is 0 Å². The normalized spacial score (nSPS) is 2.31. The van der Waals surface area contributed by atoms with Crippen LogP contribution in [0.15, 0.2) is 0 Å². The Bertz CT molecular complexity index is 68.5. The van der Waals surface area contributed by atoms with Crippen LogP contribution >= 0.6 is 99.3 Å². The van der Waals surface area contributed by atoms with Crippen LogP contribution in [0.4, 0.5) is 0 Å². The van der Waals surface area contributed by atoms with Crippen molar-refractivity contribution in [3.05, 3.63) is 0 Å². The molecule has 112 valence electrons. The second kappa shape index (κ2) is 105. The van der Waals surface area contributed by atoms with Gasteiger partial charge in [0.15, 0.2) is 17.4 Å². The fourth-order valence-corrected chi connectivity index (χ4v) is 0. The summed E-state index contributed by atoms with van der Waals surface area (Å²) in [7, 11) is 0. The standard InChI is InChI=1S/C2H5NO2.Al.8ClH.H2O.Zr.3H/c3-1-2(4)5;;;;;;;;;;;;;;/h1,3H2,(H,4,5);;8*1H;1H2;;;;. The van der Waals surface area contributed by atoms with E-state index in [9.17, 15) is 4.79 Å². The Hall–Kier alpha value is 3.13. The van der Waals surface area contributed by atoms with E-state index in [1.54, 1.807) is 0 Å². The van der Waals surface area contributed by atoms with Gasteiger partial charge in [-0.05, 0) is 0 Å². The van der Waals surface area contributed by atoms with Crippen LogP contribution < -0.4 is 5.73 Å². The van der Waals surface area contributed by atoms with E-state index < -0.39 is 5.97 Å². The van der Waals surface area contributed by atoms with Gasteiger partial charge in [0.1, 0.15) is 0 Å². The molecule has 0 heterocycles. The molecular formula is C2H18AlCl8NO3Zr. The smallest absolute Gasteiger partial charge is 0.317 e. The number of halogens is 8. The SMILES string of the molecule is Cl.Cl.Cl.Cl.Cl.Cl.Cl.Cl.NCC(=O)O.O.[AlH3].[Zr]. The predicted molar refractivity (Wildman–Crippen MR) is 88.2 cm³/mol. The topological polar surface area (TPSA) is 94.8 Å². The zero-order valence-corrected chi connectivity index (χ0v) is 15.9. The van der Waals surface area contributed by atoms with Gasteiger partial charge in [-0.15, -0.1) is 99.3 Å². The number of carbonyl (C=O) groups is 1. The molecule has 4 nitrogen and oxygen atoms in total. The molecule has 0 aliphatic rings. The molecule has 0 spiro atoms. The molecule has 0 aliphatic carbocycles. The van der Waals surface area contributed by atoms with Crippen LogP contribution in [0.1, 0.15) is 0 Å². The minimum absolute atomic E-state index is 0. The Kier molecular flexibility index (Phi) is 810. The molecule has 16 heavy (non-hydrogen) atoms. The van der Waals surface area contributed by atoms with E-state index in [2.05, 4.69) is 5.73 Å². The van der Waals surface area contributed by atoms with Crippen molar-refractivity contribution in [3.8, 4) is 0 Å². The van der Waals surface area contributed by atoms with E-state index in [0.717, 1.165) is 0 Å². The summed E-state index contributed by atoms with van der Waals surface area (Å²) in [6.07, 6.45) is 0. The second-order valence-corrected chi connectivity index (χ2v) is 0.598. The molecule has 0 amide bonds. The Balaban J connectivity index is -0.00000000145. The minimum atomic E-state index is -0.968. The third-order valence-electron chi connectivity index (χ3n) is 0.175. The number of carboxylic acids is 1. The van der Waals surface area contributed by atoms with E-state index in [0.29, 0.717) is 0 Å². The first-order valence-electron chi connectivity index (χ1n) is 1.19. The minimum Gasteiger partial charge on any atom is -0.480 e. The van der Waals surface area contributed by atoms with Crippen molar-refractivity contribution in [2.75, 3.05) is 6.54 Å². The molecule has 0 radical (unpaired) electrons. The number of aliphatic carboxylic acids is 1. The van der Waals surface area contributed by atoms with Gasteiger partial charge >= 0.3 is 5.97 Å². The van der Waals surface area contributed by atoms with E-state index in [1.807, 2.05) is 0 Å². The molecule has 0 atom stereocenters. The molecule has 0 rings (SSSR count). The average molecular weight is 506 g/mol. The van der Waals surface area contributed by atoms with Crippen LogP contribution in [-0.2, 0) is 31.0 Å². The van der Waals surface area contributed by atoms with Crippen LogP contribution in [-0.4, -0.2) is 40.5 Å². The summed E-state index contributed by atoms with van der Waals surface area (Å²) in [5, 5.41) is 7.60. The molecule has 0 fully saturated rings. The van der Waals surface area contributed by atoms with E-state index >= 15 is 0 Å². The number of carboxylic acid groups (broad SMARTS) is 1. The predicted octanol–water partition coefficient (Wildman–Crippen LogP) is 0.393. The third-order valence-corrected chi connectivity index (χ3v) is 0.175. The largest absolute Gasteiger partial charge is 0.480 e. The Morgan fingerprint density at radius 2 is 0.938 bits per heavy atom. The van der Waals surface area contributed by atoms with Gasteiger partial charge in [0.2, 0.25) is 0 Å².